The largest absolute Gasteiger partial charge is 0.370 e. The third kappa shape index (κ3) is 20.4. The van der Waals surface area contributed by atoms with Gasteiger partial charge in [-0.2, -0.15) is 8.42 Å². The number of rotatable bonds is 22. The Hall–Kier alpha value is -2.13. The van der Waals surface area contributed by atoms with Crippen LogP contribution in [0.2, 0.25) is 0 Å². The summed E-state index contributed by atoms with van der Waals surface area (Å²) in [4.78, 5) is 0.161. The zero-order valence-corrected chi connectivity index (χ0v) is 27.1. The fraction of sp³-hybridized carbons (Fsp3) is 0.750. The van der Waals surface area contributed by atoms with Crippen LogP contribution >= 0.6 is 0 Å². The highest BCUT2D eigenvalue weighted by Gasteiger charge is 2.20. The molecule has 0 atom stereocenters. The van der Waals surface area contributed by atoms with Crippen molar-refractivity contribution in [1.29, 1.82) is 10.8 Å². The molecule has 0 heterocycles. The van der Waals surface area contributed by atoms with Crippen molar-refractivity contribution in [2.24, 2.45) is 11.5 Å². The van der Waals surface area contributed by atoms with Crippen LogP contribution in [0.25, 0.3) is 0 Å². The number of nitrogens with two attached hydrogens (primary N) is 2. The lowest BCUT2D eigenvalue weighted by molar-refractivity contribution is 0.481. The fourth-order valence-electron chi connectivity index (χ4n) is 5.19. The van der Waals surface area contributed by atoms with Gasteiger partial charge in [-0.05, 0) is 61.3 Å². The zero-order chi connectivity index (χ0) is 30.9. The van der Waals surface area contributed by atoms with Gasteiger partial charge in [0.2, 0.25) is 0 Å². The molecule has 0 bridgehead atoms. The summed E-state index contributed by atoms with van der Waals surface area (Å²) < 4.78 is 34.5. The first kappa shape index (κ1) is 38.9. The zero-order valence-electron chi connectivity index (χ0n) is 26.3. The smallest absolute Gasteiger partial charge is 0.294 e. The van der Waals surface area contributed by atoms with Gasteiger partial charge in [0.15, 0.2) is 11.9 Å². The predicted octanol–water partition coefficient (Wildman–Crippen LogP) is 8.01. The lowest BCUT2D eigenvalue weighted by Gasteiger charge is -2.18. The van der Waals surface area contributed by atoms with Gasteiger partial charge in [0.25, 0.3) is 10.1 Å². The molecule has 8 N–H and O–H groups in total. The number of benzene rings is 1. The second-order valence-electron chi connectivity index (χ2n) is 11.2. The summed E-state index contributed by atoms with van der Waals surface area (Å²) in [7, 11) is -4.20. The Morgan fingerprint density at radius 2 is 1.00 bits per heavy atom. The predicted molar refractivity (Wildman–Crippen MR) is 174 cm³/mol. The van der Waals surface area contributed by atoms with Crippen LogP contribution in [0.3, 0.4) is 0 Å². The molecular weight excluding hydrogens is 534 g/mol. The number of aryl methyl sites for hydroxylation is 1. The maximum atomic E-state index is 12.3. The van der Waals surface area contributed by atoms with Gasteiger partial charge in [-0.15, -0.1) is 0 Å². The minimum atomic E-state index is -4.20. The van der Waals surface area contributed by atoms with Gasteiger partial charge in [-0.1, -0.05) is 123 Å². The van der Waals surface area contributed by atoms with Crippen molar-refractivity contribution in [3.8, 4) is 0 Å². The van der Waals surface area contributed by atoms with E-state index < -0.39 is 10.1 Å². The number of hydrogen-bond acceptors (Lipinski definition) is 4. The second kappa shape index (κ2) is 24.5. The number of unbranched alkanes of at least 4 members (excludes halogenated alkanes) is 15. The summed E-state index contributed by atoms with van der Waals surface area (Å²) in [6, 6.07) is 3.67. The molecule has 41 heavy (non-hydrogen) atoms. The molecule has 0 saturated heterocycles. The molecule has 0 fully saturated rings. The van der Waals surface area contributed by atoms with Crippen LogP contribution in [0.5, 0.6) is 0 Å². The summed E-state index contributed by atoms with van der Waals surface area (Å²) in [5.41, 5.74) is 12.9. The maximum Gasteiger partial charge on any atom is 0.294 e. The van der Waals surface area contributed by atoms with Crippen molar-refractivity contribution in [3.63, 3.8) is 0 Å². The van der Waals surface area contributed by atoms with E-state index in [0.717, 1.165) is 50.5 Å². The Balaban J connectivity index is 0.00000201. The van der Waals surface area contributed by atoms with Gasteiger partial charge in [0.05, 0.1) is 4.90 Å². The molecule has 0 saturated carbocycles. The first-order valence-corrected chi connectivity index (χ1v) is 17.6. The van der Waals surface area contributed by atoms with Gasteiger partial charge < -0.3 is 11.5 Å². The van der Waals surface area contributed by atoms with Gasteiger partial charge >= 0.3 is 0 Å². The fourth-order valence-corrected chi connectivity index (χ4v) is 5.96. The highest BCUT2D eigenvalue weighted by molar-refractivity contribution is 7.85. The van der Waals surface area contributed by atoms with E-state index in [1.54, 1.807) is 6.07 Å². The van der Waals surface area contributed by atoms with Crippen LogP contribution in [-0.2, 0) is 29.4 Å². The minimum Gasteiger partial charge on any atom is -0.370 e. The number of hydrogen-bond donors (Lipinski definition) is 6. The Bertz CT molecular complexity index is 939. The molecule has 0 amide bonds. The molecule has 1 rings (SSSR count). The van der Waals surface area contributed by atoms with Crippen LogP contribution in [0.4, 0.5) is 0 Å². The molecule has 0 aliphatic rings. The average molecular weight is 596 g/mol. The van der Waals surface area contributed by atoms with Gasteiger partial charge in [0, 0.05) is 0 Å². The number of nitrogens with one attached hydrogen (secondary N) is 3. The molecule has 0 spiro atoms. The molecular formula is C32H61N5O3S. The Morgan fingerprint density at radius 1 is 0.634 bits per heavy atom. The highest BCUT2D eigenvalue weighted by atomic mass is 32.2. The van der Waals surface area contributed by atoms with Gasteiger partial charge in [0.1, 0.15) is 0 Å². The van der Waals surface area contributed by atoms with E-state index in [9.17, 15) is 13.0 Å². The molecule has 0 radical (unpaired) electrons. The molecule has 0 unspecified atom stereocenters. The summed E-state index contributed by atoms with van der Waals surface area (Å²) in [5.74, 6) is -0.625. The Labute approximate surface area is 251 Å². The van der Waals surface area contributed by atoms with Crippen LogP contribution in [0, 0.1) is 10.8 Å². The lowest BCUT2D eigenvalue weighted by Crippen LogP contribution is -2.39. The van der Waals surface area contributed by atoms with E-state index in [0.29, 0.717) is 0 Å². The second-order valence-corrected chi connectivity index (χ2v) is 12.6. The van der Waals surface area contributed by atoms with Crippen molar-refractivity contribution in [2.75, 3.05) is 0 Å². The molecule has 1 aromatic rings. The van der Waals surface area contributed by atoms with E-state index in [4.69, 9.17) is 22.3 Å². The van der Waals surface area contributed by atoms with E-state index in [2.05, 4.69) is 20.8 Å². The first-order chi connectivity index (χ1) is 19.6. The van der Waals surface area contributed by atoms with Crippen LogP contribution in [0.1, 0.15) is 153 Å². The first-order valence-electron chi connectivity index (χ1n) is 16.1. The molecule has 0 aliphatic carbocycles. The third-order valence-corrected chi connectivity index (χ3v) is 8.33. The SMILES string of the molecule is CCCCCCCCc1ccc(S(=O)(=O)O)c(CCCCCCCC)c1CCCCCCCC.N=C(N)NC(=N)N. The Morgan fingerprint density at radius 3 is 1.37 bits per heavy atom. The van der Waals surface area contributed by atoms with E-state index >= 15 is 0 Å². The summed E-state index contributed by atoms with van der Waals surface area (Å²) in [6.45, 7) is 6.71. The van der Waals surface area contributed by atoms with Crippen molar-refractivity contribution >= 4 is 22.0 Å². The maximum absolute atomic E-state index is 12.3. The quantitative estimate of drug-likeness (QED) is 0.0344. The van der Waals surface area contributed by atoms with Crippen LogP contribution < -0.4 is 16.8 Å². The summed E-state index contributed by atoms with van der Waals surface area (Å²) >= 11 is 0. The Kier molecular flexibility index (Phi) is 23.2. The third-order valence-electron chi connectivity index (χ3n) is 7.39. The highest BCUT2D eigenvalue weighted by Crippen LogP contribution is 2.29. The van der Waals surface area contributed by atoms with Crippen LogP contribution in [0.15, 0.2) is 17.0 Å². The average Bonchev–Trinajstić information content (AvgIpc) is 2.89. The topological polar surface area (TPSA) is 166 Å². The van der Waals surface area contributed by atoms with Crippen molar-refractivity contribution in [1.82, 2.24) is 5.32 Å². The van der Waals surface area contributed by atoms with E-state index in [-0.39, 0.29) is 16.8 Å². The molecule has 0 aromatic heterocycles. The summed E-state index contributed by atoms with van der Waals surface area (Å²) in [6.07, 6.45) is 24.8. The normalized spacial score (nSPS) is 11.1. The van der Waals surface area contributed by atoms with E-state index in [1.165, 1.54) is 101 Å². The number of guanidine groups is 2. The van der Waals surface area contributed by atoms with Gasteiger partial charge in [-0.25, -0.2) is 0 Å². The lowest BCUT2D eigenvalue weighted by atomic mass is 9.90. The molecule has 238 valence electrons. The monoisotopic (exact) mass is 595 g/mol. The molecule has 1 aromatic carbocycles. The van der Waals surface area contributed by atoms with Crippen molar-refractivity contribution in [3.05, 3.63) is 28.8 Å². The van der Waals surface area contributed by atoms with Gasteiger partial charge in [-0.3, -0.25) is 20.7 Å². The van der Waals surface area contributed by atoms with Crippen LogP contribution in [-0.4, -0.2) is 24.9 Å². The minimum absolute atomic E-state index is 0.161. The van der Waals surface area contributed by atoms with E-state index in [1.807, 2.05) is 11.4 Å². The summed E-state index contributed by atoms with van der Waals surface area (Å²) in [5, 5.41) is 15.0. The standard InChI is InChI=1S/C30H54O3S.C2H7N5/c1-4-7-10-13-16-19-22-27-25-26-30(34(31,32)33)29(24-21-18-15-12-9-6-3)28(27)23-20-17-14-11-8-5-2;3-1(4)7-2(5)6/h25-26H,4-24H2,1-3H3,(H,31,32,33);(H7,3,4,5,6,7). The molecule has 9 heteroatoms. The van der Waals surface area contributed by atoms with Crippen molar-refractivity contribution < 1.29 is 13.0 Å². The molecule has 8 nitrogen and oxygen atoms in total. The van der Waals surface area contributed by atoms with Crippen molar-refractivity contribution in [2.45, 2.75) is 161 Å². The molecule has 0 aliphatic heterocycles.